The van der Waals surface area contributed by atoms with E-state index in [0.717, 1.165) is 11.3 Å². The molecule has 5 heteroatoms. The van der Waals surface area contributed by atoms with E-state index < -0.39 is 0 Å². The van der Waals surface area contributed by atoms with E-state index in [-0.39, 0.29) is 6.73 Å². The summed E-state index contributed by atoms with van der Waals surface area (Å²) in [5, 5.41) is 7.90. The first-order chi connectivity index (χ1) is 6.75. The summed E-state index contributed by atoms with van der Waals surface area (Å²) >= 11 is 0. The molecule has 0 amide bonds. The number of methoxy groups -OCH3 is 1. The predicted octanol–water partition coefficient (Wildman–Crippen LogP) is 1.92. The van der Waals surface area contributed by atoms with Crippen LogP contribution in [0.15, 0.2) is 4.52 Å². The summed E-state index contributed by atoms with van der Waals surface area (Å²) in [5.74, 6) is 1.40. The Morgan fingerprint density at radius 2 is 2.14 bits per heavy atom. The van der Waals surface area contributed by atoms with Gasteiger partial charge >= 0.3 is 0 Å². The fraction of sp³-hybridized carbons (Fsp3) is 0.667. The van der Waals surface area contributed by atoms with Crippen molar-refractivity contribution in [1.82, 2.24) is 5.16 Å². The highest BCUT2D eigenvalue weighted by Gasteiger charge is 1.97. The van der Waals surface area contributed by atoms with Crippen molar-refractivity contribution in [1.29, 1.82) is 0 Å². The zero-order valence-corrected chi connectivity index (χ0v) is 8.74. The van der Waals surface area contributed by atoms with E-state index in [1.165, 1.54) is 0 Å². The summed E-state index contributed by atoms with van der Waals surface area (Å²) in [6, 6.07) is 0. The fourth-order valence-corrected chi connectivity index (χ4v) is 0.867. The maximum Gasteiger partial charge on any atom is 0.106 e. The van der Waals surface area contributed by atoms with Crippen molar-refractivity contribution in [3.63, 3.8) is 0 Å². The SMILES string of the molecule is COCCOC[N-]c1noc(C)c1C. The summed E-state index contributed by atoms with van der Waals surface area (Å²) in [4.78, 5) is 0. The van der Waals surface area contributed by atoms with Gasteiger partial charge < -0.3 is 19.3 Å². The van der Waals surface area contributed by atoms with E-state index in [9.17, 15) is 0 Å². The van der Waals surface area contributed by atoms with Gasteiger partial charge in [-0.05, 0) is 25.2 Å². The summed E-state index contributed by atoms with van der Waals surface area (Å²) < 4.78 is 14.9. The van der Waals surface area contributed by atoms with E-state index >= 15 is 0 Å². The summed E-state index contributed by atoms with van der Waals surface area (Å²) in [6.07, 6.45) is 0. The maximum absolute atomic E-state index is 5.17. The fourth-order valence-electron chi connectivity index (χ4n) is 0.867. The molecule has 1 heterocycles. The molecule has 0 aliphatic heterocycles. The molecule has 0 aromatic carbocycles. The molecule has 5 nitrogen and oxygen atoms in total. The molecular formula is C9H15N2O3-. The summed E-state index contributed by atoms with van der Waals surface area (Å²) in [5.41, 5.74) is 0.959. The molecule has 0 atom stereocenters. The lowest BCUT2D eigenvalue weighted by Crippen LogP contribution is -2.01. The lowest BCUT2D eigenvalue weighted by Gasteiger charge is -2.11. The van der Waals surface area contributed by atoms with Crippen LogP contribution in [0.5, 0.6) is 0 Å². The van der Waals surface area contributed by atoms with Crippen LogP contribution in [-0.4, -0.2) is 32.2 Å². The first-order valence-electron chi connectivity index (χ1n) is 4.42. The number of hydrogen-bond donors (Lipinski definition) is 0. The highest BCUT2D eigenvalue weighted by molar-refractivity contribution is 5.47. The van der Waals surface area contributed by atoms with Crippen molar-refractivity contribution in [3.05, 3.63) is 16.6 Å². The van der Waals surface area contributed by atoms with E-state index in [2.05, 4.69) is 10.5 Å². The Kier molecular flexibility index (Phi) is 4.42. The molecule has 0 spiro atoms. The Bertz CT molecular complexity index is 273. The van der Waals surface area contributed by atoms with Crippen LogP contribution >= 0.6 is 0 Å². The van der Waals surface area contributed by atoms with Crippen molar-refractivity contribution >= 4 is 5.82 Å². The zero-order chi connectivity index (χ0) is 10.4. The second kappa shape index (κ2) is 5.62. The molecule has 0 aliphatic carbocycles. The molecule has 80 valence electrons. The van der Waals surface area contributed by atoms with Gasteiger partial charge in [-0.25, -0.2) is 0 Å². The number of aromatic nitrogens is 1. The topological polar surface area (TPSA) is 58.6 Å². The van der Waals surface area contributed by atoms with Crippen LogP contribution in [0.4, 0.5) is 5.82 Å². The van der Waals surface area contributed by atoms with E-state index in [1.807, 2.05) is 13.8 Å². The van der Waals surface area contributed by atoms with Gasteiger partial charge in [0.05, 0.1) is 19.9 Å². The van der Waals surface area contributed by atoms with Gasteiger partial charge in [-0.2, -0.15) is 0 Å². The minimum absolute atomic E-state index is 0.288. The molecule has 1 aromatic rings. The lowest BCUT2D eigenvalue weighted by atomic mass is 10.3. The Morgan fingerprint density at radius 1 is 1.36 bits per heavy atom. The van der Waals surface area contributed by atoms with Gasteiger partial charge in [-0.1, -0.05) is 0 Å². The zero-order valence-electron chi connectivity index (χ0n) is 8.74. The molecule has 0 saturated carbocycles. The van der Waals surface area contributed by atoms with Gasteiger partial charge in [0.25, 0.3) is 0 Å². The molecule has 0 bridgehead atoms. The predicted molar refractivity (Wildman–Crippen MR) is 51.7 cm³/mol. The molecule has 14 heavy (non-hydrogen) atoms. The Labute approximate surface area is 83.4 Å². The smallest absolute Gasteiger partial charge is 0.106 e. The van der Waals surface area contributed by atoms with Crippen LogP contribution in [0.25, 0.3) is 5.32 Å². The Balaban J connectivity index is 2.21. The van der Waals surface area contributed by atoms with E-state index in [0.29, 0.717) is 19.0 Å². The van der Waals surface area contributed by atoms with Gasteiger partial charge in [0.15, 0.2) is 0 Å². The second-order valence-electron chi connectivity index (χ2n) is 2.88. The Morgan fingerprint density at radius 3 is 2.71 bits per heavy atom. The number of rotatable bonds is 6. The van der Waals surface area contributed by atoms with Crippen molar-refractivity contribution in [2.24, 2.45) is 0 Å². The molecule has 1 aromatic heterocycles. The number of nitrogens with zero attached hydrogens (tertiary/aromatic N) is 2. The normalized spacial score (nSPS) is 10.5. The molecule has 0 radical (unpaired) electrons. The summed E-state index contributed by atoms with van der Waals surface area (Å²) in [7, 11) is 1.63. The van der Waals surface area contributed by atoms with Crippen molar-refractivity contribution < 1.29 is 14.0 Å². The second-order valence-corrected chi connectivity index (χ2v) is 2.88. The average Bonchev–Trinajstić information content (AvgIpc) is 2.49. The van der Waals surface area contributed by atoms with Gasteiger partial charge in [0, 0.05) is 7.11 Å². The minimum atomic E-state index is 0.288. The monoisotopic (exact) mass is 199 g/mol. The van der Waals surface area contributed by atoms with Gasteiger partial charge in [-0.15, -0.1) is 0 Å². The quantitative estimate of drug-likeness (QED) is 0.657. The summed E-state index contributed by atoms with van der Waals surface area (Å²) in [6.45, 7) is 5.17. The first-order valence-corrected chi connectivity index (χ1v) is 4.42. The van der Waals surface area contributed by atoms with Crippen LogP contribution in [-0.2, 0) is 9.47 Å². The molecule has 0 aliphatic rings. The molecule has 0 N–H and O–H groups in total. The van der Waals surface area contributed by atoms with Crippen LogP contribution in [0, 0.1) is 13.8 Å². The van der Waals surface area contributed by atoms with Gasteiger partial charge in [0.2, 0.25) is 0 Å². The van der Waals surface area contributed by atoms with Crippen LogP contribution in [0.2, 0.25) is 0 Å². The average molecular weight is 199 g/mol. The third-order valence-corrected chi connectivity index (χ3v) is 1.87. The van der Waals surface area contributed by atoms with Crippen LogP contribution < -0.4 is 0 Å². The molecular weight excluding hydrogens is 184 g/mol. The van der Waals surface area contributed by atoms with Crippen molar-refractivity contribution in [2.75, 3.05) is 27.1 Å². The van der Waals surface area contributed by atoms with Crippen molar-refractivity contribution in [2.45, 2.75) is 13.8 Å². The standard InChI is InChI=1S/C9H15N2O3/c1-7-8(2)14-11-9(7)10-6-13-5-4-12-3/h4-6H2,1-3H3/q-1. The number of hydrogen-bond acceptors (Lipinski definition) is 4. The van der Waals surface area contributed by atoms with E-state index in [1.54, 1.807) is 7.11 Å². The first kappa shape index (κ1) is 11.0. The molecule has 0 fully saturated rings. The maximum atomic E-state index is 5.17. The molecule has 1 rings (SSSR count). The largest absolute Gasteiger partial charge is 0.460 e. The highest BCUT2D eigenvalue weighted by Crippen LogP contribution is 2.23. The number of ether oxygens (including phenoxy) is 2. The molecule has 0 saturated heterocycles. The number of aryl methyl sites for hydroxylation is 1. The van der Waals surface area contributed by atoms with Gasteiger partial charge in [-0.3, -0.25) is 5.16 Å². The van der Waals surface area contributed by atoms with Crippen LogP contribution in [0.1, 0.15) is 11.3 Å². The van der Waals surface area contributed by atoms with Gasteiger partial charge in [0.1, 0.15) is 5.76 Å². The van der Waals surface area contributed by atoms with E-state index in [4.69, 9.17) is 14.0 Å². The van der Waals surface area contributed by atoms with Crippen molar-refractivity contribution in [3.8, 4) is 0 Å². The third-order valence-electron chi connectivity index (χ3n) is 1.87. The molecule has 0 unspecified atom stereocenters. The van der Waals surface area contributed by atoms with Crippen LogP contribution in [0.3, 0.4) is 0 Å². The minimum Gasteiger partial charge on any atom is -0.460 e. The Hall–Kier alpha value is -1.07. The lowest BCUT2D eigenvalue weighted by molar-refractivity contribution is 0.0832. The third kappa shape index (κ3) is 3.01. The highest BCUT2D eigenvalue weighted by atomic mass is 16.5.